The van der Waals surface area contributed by atoms with Gasteiger partial charge in [0.25, 0.3) is 0 Å². The van der Waals surface area contributed by atoms with Crippen LogP contribution in [0.2, 0.25) is 0 Å². The molecule has 2 aromatic rings. The van der Waals surface area contributed by atoms with E-state index in [4.69, 9.17) is 0 Å². The Labute approximate surface area is 180 Å². The minimum absolute atomic E-state index is 0.142. The highest BCUT2D eigenvalue weighted by molar-refractivity contribution is 5.92. The summed E-state index contributed by atoms with van der Waals surface area (Å²) in [5, 5.41) is 0. The van der Waals surface area contributed by atoms with Crippen molar-refractivity contribution < 1.29 is 14.6 Å². The number of nitrogens with zero attached hydrogens (tertiary/aromatic N) is 2. The number of aromatic nitrogens is 1. The SMILES string of the molecule is Cc1cc(/C=C/C(=O)N2CC[NH+](CC[NH+]3CCCC3)CC2)c(C)n1-c1ccccc1. The van der Waals surface area contributed by atoms with Crippen molar-refractivity contribution in [3.8, 4) is 5.69 Å². The van der Waals surface area contributed by atoms with Gasteiger partial charge in [-0.2, -0.15) is 0 Å². The summed E-state index contributed by atoms with van der Waals surface area (Å²) >= 11 is 0. The summed E-state index contributed by atoms with van der Waals surface area (Å²) in [5.74, 6) is 0.142. The van der Waals surface area contributed by atoms with Gasteiger partial charge in [-0.3, -0.25) is 4.79 Å². The largest absolute Gasteiger partial charge is 0.330 e. The molecule has 3 heterocycles. The van der Waals surface area contributed by atoms with Gasteiger partial charge in [-0.15, -0.1) is 0 Å². The van der Waals surface area contributed by atoms with Gasteiger partial charge in [0.1, 0.15) is 13.1 Å². The molecule has 2 saturated heterocycles. The van der Waals surface area contributed by atoms with E-state index in [0.717, 1.165) is 37.4 Å². The molecule has 2 N–H and O–H groups in total. The Morgan fingerprint density at radius 2 is 1.60 bits per heavy atom. The molecule has 1 aromatic carbocycles. The minimum atomic E-state index is 0.142. The second kappa shape index (κ2) is 9.63. The Bertz CT molecular complexity index is 872. The zero-order valence-corrected chi connectivity index (χ0v) is 18.5. The van der Waals surface area contributed by atoms with Crippen molar-refractivity contribution in [1.29, 1.82) is 0 Å². The number of carbonyl (C=O) groups excluding carboxylic acids is 1. The summed E-state index contributed by atoms with van der Waals surface area (Å²) in [6.45, 7) is 13.4. The van der Waals surface area contributed by atoms with E-state index in [0.29, 0.717) is 0 Å². The van der Waals surface area contributed by atoms with Crippen LogP contribution in [0, 0.1) is 13.8 Å². The number of para-hydroxylation sites is 1. The van der Waals surface area contributed by atoms with Gasteiger partial charge in [-0.05, 0) is 43.7 Å². The molecule has 0 saturated carbocycles. The molecule has 0 radical (unpaired) electrons. The first kappa shape index (κ1) is 20.9. The van der Waals surface area contributed by atoms with E-state index in [1.165, 1.54) is 50.4 Å². The number of hydrogen-bond donors (Lipinski definition) is 2. The van der Waals surface area contributed by atoms with Crippen LogP contribution in [0.15, 0.2) is 42.5 Å². The molecule has 160 valence electrons. The first-order valence-corrected chi connectivity index (χ1v) is 11.5. The molecule has 4 rings (SSSR count). The number of amides is 1. The molecule has 2 aliphatic heterocycles. The van der Waals surface area contributed by atoms with Gasteiger partial charge in [0.15, 0.2) is 0 Å². The number of benzene rings is 1. The fourth-order valence-corrected chi connectivity index (χ4v) is 4.97. The lowest BCUT2D eigenvalue weighted by Crippen LogP contribution is -3.21. The van der Waals surface area contributed by atoms with E-state index in [1.54, 1.807) is 15.9 Å². The Kier molecular flexibility index (Phi) is 6.70. The second-order valence-electron chi connectivity index (χ2n) is 8.86. The molecule has 5 heteroatoms. The van der Waals surface area contributed by atoms with Crippen LogP contribution >= 0.6 is 0 Å². The molecule has 2 aliphatic rings. The Morgan fingerprint density at radius 1 is 0.967 bits per heavy atom. The zero-order chi connectivity index (χ0) is 20.9. The summed E-state index contributed by atoms with van der Waals surface area (Å²) < 4.78 is 2.24. The molecule has 0 atom stereocenters. The summed E-state index contributed by atoms with van der Waals surface area (Å²) in [4.78, 5) is 18.2. The third-order valence-corrected chi connectivity index (χ3v) is 6.82. The normalized spacial score (nSPS) is 18.5. The van der Waals surface area contributed by atoms with Crippen molar-refractivity contribution in [2.75, 3.05) is 52.4 Å². The third-order valence-electron chi connectivity index (χ3n) is 6.82. The first-order valence-electron chi connectivity index (χ1n) is 11.5. The van der Waals surface area contributed by atoms with Crippen molar-refractivity contribution in [2.45, 2.75) is 26.7 Å². The molecular formula is C25H36N4O+2. The van der Waals surface area contributed by atoms with Crippen LogP contribution in [-0.4, -0.2) is 67.7 Å². The lowest BCUT2D eigenvalue weighted by Gasteiger charge is -2.31. The van der Waals surface area contributed by atoms with Gasteiger partial charge in [-0.25, -0.2) is 0 Å². The van der Waals surface area contributed by atoms with Gasteiger partial charge >= 0.3 is 0 Å². The topological polar surface area (TPSA) is 34.1 Å². The summed E-state index contributed by atoms with van der Waals surface area (Å²) in [6, 6.07) is 12.5. The standard InChI is InChI=1S/C25H34N4O/c1-21-20-23(22(2)29(21)24-8-4-3-5-9-24)10-11-25(30)28-18-16-27(17-19-28)15-14-26-12-6-7-13-26/h3-5,8-11,20H,6-7,12-19H2,1-2H3/p+2/b11-10+. The highest BCUT2D eigenvalue weighted by Gasteiger charge is 2.24. The van der Waals surface area contributed by atoms with Crippen molar-refractivity contribution >= 4 is 12.0 Å². The fraction of sp³-hybridized carbons (Fsp3) is 0.480. The summed E-state index contributed by atoms with van der Waals surface area (Å²) in [6.07, 6.45) is 6.54. The molecule has 0 spiro atoms. The second-order valence-corrected chi connectivity index (χ2v) is 8.86. The monoisotopic (exact) mass is 408 g/mol. The maximum Gasteiger partial charge on any atom is 0.246 e. The van der Waals surface area contributed by atoms with E-state index in [2.05, 4.69) is 48.7 Å². The lowest BCUT2D eigenvalue weighted by atomic mass is 10.2. The van der Waals surface area contributed by atoms with E-state index < -0.39 is 0 Å². The summed E-state index contributed by atoms with van der Waals surface area (Å²) in [5.41, 5.74) is 4.63. The van der Waals surface area contributed by atoms with E-state index in [9.17, 15) is 4.79 Å². The first-order chi connectivity index (χ1) is 14.6. The molecule has 5 nitrogen and oxygen atoms in total. The highest BCUT2D eigenvalue weighted by Crippen LogP contribution is 2.21. The third kappa shape index (κ3) is 4.85. The molecule has 0 bridgehead atoms. The molecule has 1 amide bonds. The van der Waals surface area contributed by atoms with Crippen LogP contribution in [0.5, 0.6) is 0 Å². The van der Waals surface area contributed by atoms with E-state index >= 15 is 0 Å². The lowest BCUT2D eigenvalue weighted by molar-refractivity contribution is -0.954. The average Bonchev–Trinajstić information content (AvgIpc) is 3.39. The van der Waals surface area contributed by atoms with Crippen LogP contribution in [0.25, 0.3) is 11.8 Å². The highest BCUT2D eigenvalue weighted by atomic mass is 16.2. The van der Waals surface area contributed by atoms with Gasteiger partial charge in [0.2, 0.25) is 5.91 Å². The van der Waals surface area contributed by atoms with E-state index in [1.807, 2.05) is 17.0 Å². The molecule has 1 aromatic heterocycles. The van der Waals surface area contributed by atoms with Crippen LogP contribution in [0.3, 0.4) is 0 Å². The average molecular weight is 409 g/mol. The van der Waals surface area contributed by atoms with Crippen molar-refractivity contribution in [3.63, 3.8) is 0 Å². The van der Waals surface area contributed by atoms with Crippen molar-refractivity contribution in [3.05, 3.63) is 59.4 Å². The van der Waals surface area contributed by atoms with Crippen LogP contribution in [0.1, 0.15) is 29.8 Å². The maximum atomic E-state index is 12.7. The number of aryl methyl sites for hydroxylation is 1. The Balaban J connectivity index is 1.31. The van der Waals surface area contributed by atoms with Crippen molar-refractivity contribution in [2.24, 2.45) is 0 Å². The molecule has 30 heavy (non-hydrogen) atoms. The van der Waals surface area contributed by atoms with Crippen LogP contribution in [0.4, 0.5) is 0 Å². The number of piperazine rings is 1. The quantitative estimate of drug-likeness (QED) is 0.672. The number of quaternary nitrogens is 2. The smallest absolute Gasteiger partial charge is 0.246 e. The number of carbonyl (C=O) groups is 1. The molecule has 2 fully saturated rings. The maximum absolute atomic E-state index is 12.7. The van der Waals surface area contributed by atoms with Crippen molar-refractivity contribution in [1.82, 2.24) is 9.47 Å². The van der Waals surface area contributed by atoms with Gasteiger partial charge < -0.3 is 19.3 Å². The number of hydrogen-bond acceptors (Lipinski definition) is 1. The van der Waals surface area contributed by atoms with E-state index in [-0.39, 0.29) is 5.91 Å². The van der Waals surface area contributed by atoms with Gasteiger partial charge in [0.05, 0.1) is 39.3 Å². The van der Waals surface area contributed by atoms with Gasteiger partial charge in [0, 0.05) is 36.0 Å². The number of likely N-dealkylation sites (tertiary alicyclic amines) is 1. The number of rotatable bonds is 6. The fourth-order valence-electron chi connectivity index (χ4n) is 4.97. The molecule has 0 unspecified atom stereocenters. The van der Waals surface area contributed by atoms with Crippen LogP contribution < -0.4 is 9.80 Å². The Morgan fingerprint density at radius 3 is 2.27 bits per heavy atom. The predicted octanol–water partition coefficient (Wildman–Crippen LogP) is 0.513. The predicted molar refractivity (Wildman–Crippen MR) is 121 cm³/mol. The Hall–Kier alpha value is -2.37. The van der Waals surface area contributed by atoms with Crippen LogP contribution in [-0.2, 0) is 4.79 Å². The molecular weight excluding hydrogens is 372 g/mol. The zero-order valence-electron chi connectivity index (χ0n) is 18.5. The molecule has 0 aliphatic carbocycles. The van der Waals surface area contributed by atoms with Gasteiger partial charge in [-0.1, -0.05) is 18.2 Å². The number of nitrogens with one attached hydrogen (secondary N) is 2. The minimum Gasteiger partial charge on any atom is -0.330 e. The summed E-state index contributed by atoms with van der Waals surface area (Å²) in [7, 11) is 0.